The fourth-order valence-electron chi connectivity index (χ4n) is 2.29. The third-order valence-electron chi connectivity index (χ3n) is 3.85. The van der Waals surface area contributed by atoms with Gasteiger partial charge in [0.25, 0.3) is 0 Å². The molecule has 6 nitrogen and oxygen atoms in total. The molecule has 0 aliphatic carbocycles. The lowest BCUT2D eigenvalue weighted by atomic mass is 9.92. The Labute approximate surface area is 151 Å². The molecule has 140 valence electrons. The molecule has 1 amide bonds. The Balaban J connectivity index is 2.80. The van der Waals surface area contributed by atoms with Gasteiger partial charge in [0.05, 0.1) is 19.1 Å². The maximum Gasteiger partial charge on any atom is 0.227 e. The minimum absolute atomic E-state index is 0.0207. The summed E-state index contributed by atoms with van der Waals surface area (Å²) < 4.78 is 5.19. The molecule has 25 heavy (non-hydrogen) atoms. The Morgan fingerprint density at radius 1 is 1.16 bits per heavy atom. The van der Waals surface area contributed by atoms with Gasteiger partial charge in [-0.25, -0.2) is 0 Å². The number of carbonyl (C=O) groups is 1. The molecule has 0 aliphatic rings. The standard InChI is InChI=1S/C19H32N4O2/c1-7-20-17(24)19(3,4)14-22-18(21-8-2)23(5)13-15-9-11-16(25-6)12-10-15/h9-12H,7-8,13-14H2,1-6H3,(H,20,24)(H,21,22). The average Bonchev–Trinajstić information content (AvgIpc) is 2.59. The van der Waals surface area contributed by atoms with Crippen LogP contribution in [0.5, 0.6) is 5.75 Å². The first-order valence-electron chi connectivity index (χ1n) is 8.74. The summed E-state index contributed by atoms with van der Waals surface area (Å²) in [6.07, 6.45) is 0. The summed E-state index contributed by atoms with van der Waals surface area (Å²) in [5.74, 6) is 1.65. The Bertz CT molecular complexity index is 567. The topological polar surface area (TPSA) is 66.0 Å². The Morgan fingerprint density at radius 3 is 2.28 bits per heavy atom. The number of nitrogens with zero attached hydrogens (tertiary/aromatic N) is 2. The van der Waals surface area contributed by atoms with Gasteiger partial charge in [-0.3, -0.25) is 9.79 Å². The van der Waals surface area contributed by atoms with Gasteiger partial charge in [-0.15, -0.1) is 0 Å². The van der Waals surface area contributed by atoms with E-state index in [1.165, 1.54) is 0 Å². The van der Waals surface area contributed by atoms with Crippen LogP contribution in [0.25, 0.3) is 0 Å². The number of hydrogen-bond acceptors (Lipinski definition) is 3. The molecule has 2 N–H and O–H groups in total. The van der Waals surface area contributed by atoms with Crippen LogP contribution in [0.1, 0.15) is 33.3 Å². The number of methoxy groups -OCH3 is 1. The van der Waals surface area contributed by atoms with Gasteiger partial charge in [0, 0.05) is 26.7 Å². The van der Waals surface area contributed by atoms with E-state index in [1.807, 2.05) is 59.0 Å². The fourth-order valence-corrected chi connectivity index (χ4v) is 2.29. The minimum atomic E-state index is -0.544. The molecule has 6 heteroatoms. The van der Waals surface area contributed by atoms with E-state index in [1.54, 1.807) is 7.11 Å². The van der Waals surface area contributed by atoms with Crippen LogP contribution in [0.15, 0.2) is 29.3 Å². The molecular weight excluding hydrogens is 316 g/mol. The van der Waals surface area contributed by atoms with Crippen LogP contribution in [-0.2, 0) is 11.3 Å². The fraction of sp³-hybridized carbons (Fsp3) is 0.579. The zero-order valence-electron chi connectivity index (χ0n) is 16.3. The van der Waals surface area contributed by atoms with E-state index in [0.717, 1.165) is 30.4 Å². The highest BCUT2D eigenvalue weighted by Gasteiger charge is 2.27. The first-order chi connectivity index (χ1) is 11.8. The number of ether oxygens (including phenoxy) is 1. The zero-order valence-corrected chi connectivity index (χ0v) is 16.3. The predicted molar refractivity (Wildman–Crippen MR) is 103 cm³/mol. The lowest BCUT2D eigenvalue weighted by Crippen LogP contribution is -2.42. The predicted octanol–water partition coefficient (Wildman–Crippen LogP) is 2.25. The van der Waals surface area contributed by atoms with Crippen LogP contribution < -0.4 is 15.4 Å². The van der Waals surface area contributed by atoms with E-state index in [4.69, 9.17) is 4.74 Å². The number of rotatable bonds is 8. The number of guanidine groups is 1. The first-order valence-corrected chi connectivity index (χ1v) is 8.74. The molecule has 0 radical (unpaired) electrons. The van der Waals surface area contributed by atoms with E-state index < -0.39 is 5.41 Å². The molecule has 0 saturated heterocycles. The van der Waals surface area contributed by atoms with Crippen molar-refractivity contribution in [3.63, 3.8) is 0 Å². The highest BCUT2D eigenvalue weighted by atomic mass is 16.5. The second-order valence-electron chi connectivity index (χ2n) is 6.62. The quantitative estimate of drug-likeness (QED) is 0.559. The van der Waals surface area contributed by atoms with Gasteiger partial charge in [-0.1, -0.05) is 12.1 Å². The summed E-state index contributed by atoms with van der Waals surface area (Å²) in [6.45, 7) is 10.3. The average molecular weight is 348 g/mol. The van der Waals surface area contributed by atoms with Gasteiger partial charge in [-0.05, 0) is 45.4 Å². The van der Waals surface area contributed by atoms with Crippen molar-refractivity contribution in [1.29, 1.82) is 0 Å². The summed E-state index contributed by atoms with van der Waals surface area (Å²) >= 11 is 0. The molecule has 1 aromatic rings. The van der Waals surface area contributed by atoms with E-state index in [-0.39, 0.29) is 5.91 Å². The molecule has 1 rings (SSSR count). The van der Waals surface area contributed by atoms with E-state index in [0.29, 0.717) is 13.1 Å². The van der Waals surface area contributed by atoms with Gasteiger partial charge < -0.3 is 20.3 Å². The van der Waals surface area contributed by atoms with E-state index >= 15 is 0 Å². The Hall–Kier alpha value is -2.24. The van der Waals surface area contributed by atoms with Gasteiger partial charge in [-0.2, -0.15) is 0 Å². The first kappa shape index (κ1) is 20.8. The van der Waals surface area contributed by atoms with Crippen molar-refractivity contribution in [3.05, 3.63) is 29.8 Å². The number of aliphatic imine (C=N–C) groups is 1. The van der Waals surface area contributed by atoms with Gasteiger partial charge in [0.1, 0.15) is 5.75 Å². The van der Waals surface area contributed by atoms with Crippen molar-refractivity contribution in [1.82, 2.24) is 15.5 Å². The van der Waals surface area contributed by atoms with Crippen LogP contribution in [0.2, 0.25) is 0 Å². The molecule has 0 aliphatic heterocycles. The van der Waals surface area contributed by atoms with Crippen molar-refractivity contribution in [3.8, 4) is 5.75 Å². The molecule has 0 fully saturated rings. The molecule has 0 aromatic heterocycles. The molecule has 0 atom stereocenters. The number of hydrogen-bond donors (Lipinski definition) is 2. The van der Waals surface area contributed by atoms with Crippen LogP contribution in [0.3, 0.4) is 0 Å². The zero-order chi connectivity index (χ0) is 18.9. The summed E-state index contributed by atoms with van der Waals surface area (Å²) in [4.78, 5) is 18.8. The summed E-state index contributed by atoms with van der Waals surface area (Å²) in [5.41, 5.74) is 0.620. The van der Waals surface area contributed by atoms with Crippen LogP contribution in [0.4, 0.5) is 0 Å². The summed E-state index contributed by atoms with van der Waals surface area (Å²) in [7, 11) is 3.65. The van der Waals surface area contributed by atoms with Gasteiger partial charge in [0.15, 0.2) is 5.96 Å². The SMILES string of the molecule is CCNC(=O)C(C)(C)CN=C(NCC)N(C)Cc1ccc(OC)cc1. The number of amides is 1. The molecule has 1 aromatic carbocycles. The van der Waals surface area contributed by atoms with Gasteiger partial charge in [0.2, 0.25) is 5.91 Å². The highest BCUT2D eigenvalue weighted by Crippen LogP contribution is 2.16. The number of carbonyl (C=O) groups excluding carboxylic acids is 1. The molecule has 0 saturated carbocycles. The summed E-state index contributed by atoms with van der Waals surface area (Å²) in [5, 5.41) is 6.16. The van der Waals surface area contributed by atoms with Gasteiger partial charge >= 0.3 is 0 Å². The monoisotopic (exact) mass is 348 g/mol. The third-order valence-corrected chi connectivity index (χ3v) is 3.85. The van der Waals surface area contributed by atoms with Crippen molar-refractivity contribution >= 4 is 11.9 Å². The van der Waals surface area contributed by atoms with Crippen molar-refractivity contribution in [2.24, 2.45) is 10.4 Å². The maximum atomic E-state index is 12.1. The smallest absolute Gasteiger partial charge is 0.227 e. The molecule has 0 bridgehead atoms. The van der Waals surface area contributed by atoms with E-state index in [2.05, 4.69) is 20.5 Å². The Morgan fingerprint density at radius 2 is 1.76 bits per heavy atom. The number of nitrogens with one attached hydrogen (secondary N) is 2. The largest absolute Gasteiger partial charge is 0.497 e. The molecule has 0 heterocycles. The summed E-state index contributed by atoms with van der Waals surface area (Å²) in [6, 6.07) is 7.98. The number of benzene rings is 1. The molecular formula is C19H32N4O2. The second kappa shape index (κ2) is 9.91. The Kier molecular flexibility index (Phi) is 8.25. The van der Waals surface area contributed by atoms with Crippen molar-refractivity contribution in [2.45, 2.75) is 34.2 Å². The van der Waals surface area contributed by atoms with Crippen LogP contribution in [0, 0.1) is 5.41 Å². The van der Waals surface area contributed by atoms with Crippen molar-refractivity contribution < 1.29 is 9.53 Å². The lowest BCUT2D eigenvalue weighted by molar-refractivity contribution is -0.128. The second-order valence-corrected chi connectivity index (χ2v) is 6.62. The van der Waals surface area contributed by atoms with Crippen molar-refractivity contribution in [2.75, 3.05) is 33.8 Å². The third kappa shape index (κ3) is 6.64. The lowest BCUT2D eigenvalue weighted by Gasteiger charge is -2.25. The van der Waals surface area contributed by atoms with E-state index in [9.17, 15) is 4.79 Å². The normalized spacial score (nSPS) is 11.8. The van der Waals surface area contributed by atoms with Crippen LogP contribution in [-0.4, -0.2) is 50.6 Å². The minimum Gasteiger partial charge on any atom is -0.497 e. The molecule has 0 spiro atoms. The molecule has 0 unspecified atom stereocenters. The maximum absolute atomic E-state index is 12.1. The highest BCUT2D eigenvalue weighted by molar-refractivity contribution is 5.83. The van der Waals surface area contributed by atoms with Crippen LogP contribution >= 0.6 is 0 Å².